The Morgan fingerprint density at radius 1 is 1.15 bits per heavy atom. The number of anilines is 1. The quantitative estimate of drug-likeness (QED) is 0.496. The van der Waals surface area contributed by atoms with Gasteiger partial charge < -0.3 is 5.32 Å². The van der Waals surface area contributed by atoms with Crippen molar-refractivity contribution >= 4 is 45.2 Å². The molecule has 4 heterocycles. The predicted octanol–water partition coefficient (Wildman–Crippen LogP) is 3.78. The van der Waals surface area contributed by atoms with Gasteiger partial charge in [0.1, 0.15) is 5.03 Å². The molecular weight excluding hydrogens is 400 g/mol. The summed E-state index contributed by atoms with van der Waals surface area (Å²) in [6, 6.07) is 7.40. The number of fused-ring (bicyclic) bond motifs is 1. The molecule has 0 spiro atoms. The summed E-state index contributed by atoms with van der Waals surface area (Å²) in [5.74, 6) is -0.476. The van der Waals surface area contributed by atoms with Crippen LogP contribution in [-0.2, 0) is 6.42 Å². The van der Waals surface area contributed by atoms with Crippen molar-refractivity contribution in [3.63, 3.8) is 0 Å². The van der Waals surface area contributed by atoms with Gasteiger partial charge in [-0.2, -0.15) is 9.61 Å². The minimum atomic E-state index is -2.74. The summed E-state index contributed by atoms with van der Waals surface area (Å²) in [6.07, 6.45) is -1.82. The van der Waals surface area contributed by atoms with E-state index >= 15 is 0 Å². The zero-order valence-electron chi connectivity index (χ0n) is 13.0. The molecule has 0 fully saturated rings. The fourth-order valence-electron chi connectivity index (χ4n) is 2.14. The molecule has 0 aliphatic heterocycles. The van der Waals surface area contributed by atoms with Crippen LogP contribution >= 0.6 is 34.4 Å². The first-order valence-electron chi connectivity index (χ1n) is 7.47. The second-order valence-corrected chi connectivity index (χ2v) is 8.31. The van der Waals surface area contributed by atoms with Gasteiger partial charge in [0.15, 0.2) is 9.99 Å². The summed E-state index contributed by atoms with van der Waals surface area (Å²) in [4.78, 5) is 1.30. The maximum atomic E-state index is 12.9. The van der Waals surface area contributed by atoms with Crippen LogP contribution in [0.4, 0.5) is 13.9 Å². The number of halogens is 2. The highest BCUT2D eigenvalue weighted by atomic mass is 32.2. The first kappa shape index (κ1) is 17.2. The first-order valence-corrected chi connectivity index (χ1v) is 9.98. The van der Waals surface area contributed by atoms with E-state index in [0.29, 0.717) is 14.5 Å². The van der Waals surface area contributed by atoms with Gasteiger partial charge in [-0.05, 0) is 41.8 Å². The maximum absolute atomic E-state index is 12.9. The SMILES string of the molecule is FC(F)c1nnc2ccc(Sc3nnc(NCCc4cccs4)s3)nn12. The van der Waals surface area contributed by atoms with Crippen LogP contribution in [0.1, 0.15) is 17.1 Å². The van der Waals surface area contributed by atoms with Gasteiger partial charge in [-0.3, -0.25) is 0 Å². The third-order valence-corrected chi connectivity index (χ3v) is 6.08. The number of rotatable bonds is 7. The summed E-state index contributed by atoms with van der Waals surface area (Å²) in [7, 11) is 0. The Kier molecular flexibility index (Phi) is 5.04. The molecule has 0 unspecified atom stereocenters. The second-order valence-electron chi connectivity index (χ2n) is 5.03. The average Bonchev–Trinajstić information content (AvgIpc) is 3.35. The molecule has 0 radical (unpaired) electrons. The van der Waals surface area contributed by atoms with Crippen LogP contribution in [-0.4, -0.2) is 36.6 Å². The Labute approximate surface area is 158 Å². The van der Waals surface area contributed by atoms with E-state index in [4.69, 9.17) is 0 Å². The molecular formula is C14H11F2N7S3. The lowest BCUT2D eigenvalue weighted by atomic mass is 10.3. The van der Waals surface area contributed by atoms with E-state index in [1.165, 1.54) is 28.0 Å². The molecule has 0 aliphatic rings. The van der Waals surface area contributed by atoms with Crippen molar-refractivity contribution in [1.82, 2.24) is 30.0 Å². The molecule has 0 amide bonds. The predicted molar refractivity (Wildman–Crippen MR) is 96.3 cm³/mol. The van der Waals surface area contributed by atoms with Gasteiger partial charge in [0, 0.05) is 11.4 Å². The van der Waals surface area contributed by atoms with Crippen molar-refractivity contribution in [2.75, 3.05) is 11.9 Å². The van der Waals surface area contributed by atoms with Crippen molar-refractivity contribution in [3.8, 4) is 0 Å². The Bertz CT molecular complexity index is 999. The second kappa shape index (κ2) is 7.60. The maximum Gasteiger partial charge on any atom is 0.299 e. The van der Waals surface area contributed by atoms with Gasteiger partial charge in [0.25, 0.3) is 6.43 Å². The van der Waals surface area contributed by atoms with E-state index in [9.17, 15) is 8.78 Å². The normalized spacial score (nSPS) is 11.5. The van der Waals surface area contributed by atoms with Gasteiger partial charge in [0.2, 0.25) is 11.0 Å². The van der Waals surface area contributed by atoms with E-state index in [1.54, 1.807) is 23.5 Å². The molecule has 0 aliphatic carbocycles. The topological polar surface area (TPSA) is 80.9 Å². The Balaban J connectivity index is 1.42. The lowest BCUT2D eigenvalue weighted by molar-refractivity contribution is 0.137. The number of thiophene rings is 1. The number of nitrogens with one attached hydrogen (secondary N) is 1. The van der Waals surface area contributed by atoms with Crippen molar-refractivity contribution in [1.29, 1.82) is 0 Å². The molecule has 4 aromatic heterocycles. The largest absolute Gasteiger partial charge is 0.360 e. The fraction of sp³-hybridized carbons (Fsp3) is 0.214. The van der Waals surface area contributed by atoms with Crippen LogP contribution in [0.5, 0.6) is 0 Å². The lowest BCUT2D eigenvalue weighted by Gasteiger charge is -2.00. The minimum Gasteiger partial charge on any atom is -0.360 e. The standard InChI is InChI=1S/C14H11F2N7S3/c15-11(16)12-19-18-9-3-4-10(22-23(9)12)25-14-21-20-13(26-14)17-6-5-8-2-1-7-24-8/h1-4,7,11H,5-6H2,(H,17,20). The van der Waals surface area contributed by atoms with Gasteiger partial charge in [-0.25, -0.2) is 8.78 Å². The highest BCUT2D eigenvalue weighted by Crippen LogP contribution is 2.31. The molecule has 0 saturated carbocycles. The van der Waals surface area contributed by atoms with Crippen LogP contribution in [0.3, 0.4) is 0 Å². The fourth-order valence-corrected chi connectivity index (χ4v) is 4.53. The molecule has 1 N–H and O–H groups in total. The number of aromatic nitrogens is 6. The molecule has 134 valence electrons. The Morgan fingerprint density at radius 3 is 2.88 bits per heavy atom. The Morgan fingerprint density at radius 2 is 2.08 bits per heavy atom. The Hall–Kier alpha value is -2.18. The molecule has 4 rings (SSSR count). The lowest BCUT2D eigenvalue weighted by Crippen LogP contribution is -2.03. The zero-order chi connectivity index (χ0) is 17.9. The smallest absolute Gasteiger partial charge is 0.299 e. The summed E-state index contributed by atoms with van der Waals surface area (Å²) in [5, 5.41) is 26.0. The molecule has 12 heteroatoms. The van der Waals surface area contributed by atoms with Gasteiger partial charge >= 0.3 is 0 Å². The van der Waals surface area contributed by atoms with Crippen molar-refractivity contribution in [2.24, 2.45) is 0 Å². The molecule has 7 nitrogen and oxygen atoms in total. The van der Waals surface area contributed by atoms with Crippen LogP contribution in [0.15, 0.2) is 39.0 Å². The molecule has 0 atom stereocenters. The van der Waals surface area contributed by atoms with E-state index in [1.807, 2.05) is 11.4 Å². The summed E-state index contributed by atoms with van der Waals surface area (Å²) < 4.78 is 27.5. The molecule has 0 saturated heterocycles. The molecule has 4 aromatic rings. The molecule has 26 heavy (non-hydrogen) atoms. The van der Waals surface area contributed by atoms with Crippen molar-refractivity contribution in [2.45, 2.75) is 22.2 Å². The van der Waals surface area contributed by atoms with Crippen LogP contribution < -0.4 is 5.32 Å². The monoisotopic (exact) mass is 411 g/mol. The van der Waals surface area contributed by atoms with E-state index < -0.39 is 12.2 Å². The summed E-state index contributed by atoms with van der Waals surface area (Å²) in [6.45, 7) is 0.766. The van der Waals surface area contributed by atoms with Crippen LogP contribution in [0.25, 0.3) is 5.65 Å². The summed E-state index contributed by atoms with van der Waals surface area (Å²) >= 11 is 4.36. The zero-order valence-corrected chi connectivity index (χ0v) is 15.5. The average molecular weight is 411 g/mol. The number of hydrogen-bond donors (Lipinski definition) is 1. The highest BCUT2D eigenvalue weighted by molar-refractivity contribution is 8.01. The first-order chi connectivity index (χ1) is 12.7. The number of nitrogens with zero attached hydrogens (tertiary/aromatic N) is 6. The van der Waals surface area contributed by atoms with Crippen LogP contribution in [0, 0.1) is 0 Å². The summed E-state index contributed by atoms with van der Waals surface area (Å²) in [5.41, 5.74) is 0.276. The van der Waals surface area contributed by atoms with Gasteiger partial charge in [-0.1, -0.05) is 17.4 Å². The van der Waals surface area contributed by atoms with Crippen LogP contribution in [0.2, 0.25) is 0 Å². The van der Waals surface area contributed by atoms with Crippen molar-refractivity contribution < 1.29 is 8.78 Å². The van der Waals surface area contributed by atoms with Gasteiger partial charge in [0.05, 0.1) is 0 Å². The minimum absolute atomic E-state index is 0.276. The van der Waals surface area contributed by atoms with E-state index in [2.05, 4.69) is 36.9 Å². The van der Waals surface area contributed by atoms with Crippen molar-refractivity contribution in [3.05, 3.63) is 40.3 Å². The number of hydrogen-bond acceptors (Lipinski definition) is 9. The third-order valence-electron chi connectivity index (χ3n) is 3.28. The van der Waals surface area contributed by atoms with Gasteiger partial charge in [-0.15, -0.1) is 31.7 Å². The van der Waals surface area contributed by atoms with E-state index in [0.717, 1.165) is 17.5 Å². The molecule has 0 aromatic carbocycles. The van der Waals surface area contributed by atoms with E-state index in [-0.39, 0.29) is 5.65 Å². The number of alkyl halides is 2. The molecule has 0 bridgehead atoms. The third kappa shape index (κ3) is 3.81. The highest BCUT2D eigenvalue weighted by Gasteiger charge is 2.17.